The normalized spacial score (nSPS) is 26.8. The number of rotatable bonds is 7. The summed E-state index contributed by atoms with van der Waals surface area (Å²) in [5.41, 5.74) is 6.08. The average molecular weight is 334 g/mol. The topological polar surface area (TPSA) is 107 Å². The van der Waals surface area contributed by atoms with E-state index in [1.807, 2.05) is 42.3 Å². The van der Waals surface area contributed by atoms with Crippen molar-refractivity contribution in [1.82, 2.24) is 0 Å². The summed E-state index contributed by atoms with van der Waals surface area (Å²) in [5, 5.41) is 27.7. The molecule has 0 spiro atoms. The summed E-state index contributed by atoms with van der Waals surface area (Å²) in [6.45, 7) is 0.585. The van der Waals surface area contributed by atoms with E-state index in [-0.39, 0.29) is 18.2 Å². The zero-order valence-electron chi connectivity index (χ0n) is 14.1. The summed E-state index contributed by atoms with van der Waals surface area (Å²) in [6.07, 6.45) is 2.82. The first-order valence-electron chi connectivity index (χ1n) is 8.47. The molecule has 0 radical (unpaired) electrons. The monoisotopic (exact) mass is 334 g/mol. The highest BCUT2D eigenvalue weighted by Crippen LogP contribution is 2.39. The summed E-state index contributed by atoms with van der Waals surface area (Å²) >= 11 is 0. The number of benzene rings is 1. The minimum atomic E-state index is -1.34. The highest BCUT2D eigenvalue weighted by molar-refractivity contribution is 6.40. The zero-order valence-corrected chi connectivity index (χ0v) is 14.1. The maximum Gasteiger partial charge on any atom is 0.451 e. The summed E-state index contributed by atoms with van der Waals surface area (Å²) in [7, 11) is 0.607. The Hall–Kier alpha value is -1.57. The second kappa shape index (κ2) is 8.01. The van der Waals surface area contributed by atoms with E-state index in [0.29, 0.717) is 19.4 Å². The van der Waals surface area contributed by atoms with E-state index in [4.69, 9.17) is 15.8 Å². The van der Waals surface area contributed by atoms with Gasteiger partial charge in [-0.2, -0.15) is 0 Å². The van der Waals surface area contributed by atoms with Crippen LogP contribution in [0.4, 0.5) is 5.69 Å². The maximum absolute atomic E-state index is 11.8. The number of aliphatic carboxylic acids is 1. The van der Waals surface area contributed by atoms with Crippen molar-refractivity contribution in [2.24, 2.45) is 17.6 Å². The van der Waals surface area contributed by atoms with Crippen LogP contribution in [0.1, 0.15) is 25.7 Å². The first-order valence-corrected chi connectivity index (χ1v) is 8.47. The Morgan fingerprint density at radius 1 is 1.33 bits per heavy atom. The number of nitrogens with two attached hydrogens (primary N) is 1. The molecular formula is C17H27BN2O4. The minimum Gasteiger partial charge on any atom is -0.480 e. The lowest BCUT2D eigenvalue weighted by Crippen LogP contribution is -2.59. The van der Waals surface area contributed by atoms with Gasteiger partial charge in [0.05, 0.1) is 0 Å². The summed E-state index contributed by atoms with van der Waals surface area (Å²) in [5.74, 6) is -0.995. The van der Waals surface area contributed by atoms with E-state index < -0.39 is 18.6 Å². The van der Waals surface area contributed by atoms with Gasteiger partial charge in [0.2, 0.25) is 0 Å². The van der Waals surface area contributed by atoms with Gasteiger partial charge in [-0.3, -0.25) is 4.79 Å². The highest BCUT2D eigenvalue weighted by Gasteiger charge is 2.47. The van der Waals surface area contributed by atoms with Gasteiger partial charge in [0.15, 0.2) is 0 Å². The van der Waals surface area contributed by atoms with Crippen LogP contribution in [0.25, 0.3) is 0 Å². The first-order chi connectivity index (χ1) is 11.3. The third-order valence-electron chi connectivity index (χ3n) is 5.20. The molecule has 0 aromatic heterocycles. The van der Waals surface area contributed by atoms with Crippen LogP contribution in [0, 0.1) is 11.8 Å². The first kappa shape index (κ1) is 18.8. The molecule has 0 amide bonds. The van der Waals surface area contributed by atoms with Gasteiger partial charge in [0.25, 0.3) is 0 Å². The van der Waals surface area contributed by atoms with E-state index in [9.17, 15) is 9.90 Å². The van der Waals surface area contributed by atoms with Crippen molar-refractivity contribution in [3.05, 3.63) is 30.3 Å². The standard InChI is InChI=1S/C17H27BN2O4/c1-20(15-5-3-2-4-6-15)12-14-8-7-13(9-10-18(23)24)11-17(14,19)16(21)22/h2-6,13-14,23-24H,7-12,19H2,1H3,(H,21,22)/t13?,14?,17-/m1/s1. The van der Waals surface area contributed by atoms with E-state index in [0.717, 1.165) is 18.5 Å². The van der Waals surface area contributed by atoms with Crippen LogP contribution < -0.4 is 10.6 Å². The van der Waals surface area contributed by atoms with Gasteiger partial charge in [0, 0.05) is 25.2 Å². The Balaban J connectivity index is 2.05. The lowest BCUT2D eigenvalue weighted by Gasteiger charge is -2.43. The summed E-state index contributed by atoms with van der Waals surface area (Å²) in [6, 6.07) is 9.84. The molecule has 24 heavy (non-hydrogen) atoms. The number of carbonyl (C=O) groups is 1. The Morgan fingerprint density at radius 3 is 2.58 bits per heavy atom. The number of para-hydroxylation sites is 1. The fraction of sp³-hybridized carbons (Fsp3) is 0.588. The van der Waals surface area contributed by atoms with Gasteiger partial charge >= 0.3 is 13.1 Å². The minimum absolute atomic E-state index is 0.117. The molecule has 1 aromatic rings. The highest BCUT2D eigenvalue weighted by atomic mass is 16.4. The van der Waals surface area contributed by atoms with Crippen molar-refractivity contribution in [1.29, 1.82) is 0 Å². The van der Waals surface area contributed by atoms with Crippen molar-refractivity contribution in [3.8, 4) is 0 Å². The number of anilines is 1. The third-order valence-corrected chi connectivity index (χ3v) is 5.20. The lowest BCUT2D eigenvalue weighted by molar-refractivity contribution is -0.147. The molecule has 1 aliphatic carbocycles. The Kier molecular flexibility index (Phi) is 6.26. The fourth-order valence-electron chi connectivity index (χ4n) is 3.71. The van der Waals surface area contributed by atoms with Gasteiger partial charge in [-0.15, -0.1) is 0 Å². The third kappa shape index (κ3) is 4.50. The number of carboxylic acids is 1. The van der Waals surface area contributed by atoms with Crippen molar-refractivity contribution in [2.45, 2.75) is 37.5 Å². The van der Waals surface area contributed by atoms with Crippen LogP contribution in [-0.2, 0) is 4.79 Å². The van der Waals surface area contributed by atoms with Crippen LogP contribution in [0.15, 0.2) is 30.3 Å². The largest absolute Gasteiger partial charge is 0.480 e. The predicted octanol–water partition coefficient (Wildman–Crippen LogP) is 1.18. The van der Waals surface area contributed by atoms with Crippen LogP contribution in [0.3, 0.4) is 0 Å². The van der Waals surface area contributed by atoms with Gasteiger partial charge in [0.1, 0.15) is 5.54 Å². The molecule has 5 N–H and O–H groups in total. The molecular weight excluding hydrogens is 307 g/mol. The molecule has 3 atom stereocenters. The van der Waals surface area contributed by atoms with Crippen LogP contribution in [0.2, 0.25) is 6.32 Å². The molecule has 1 fully saturated rings. The average Bonchev–Trinajstić information content (AvgIpc) is 2.55. The molecule has 132 valence electrons. The molecule has 1 aromatic carbocycles. The number of nitrogens with zero attached hydrogens (tertiary/aromatic N) is 1. The summed E-state index contributed by atoms with van der Waals surface area (Å²) in [4.78, 5) is 13.9. The lowest BCUT2D eigenvalue weighted by atomic mass is 9.66. The van der Waals surface area contributed by atoms with Gasteiger partial charge in [-0.25, -0.2) is 0 Å². The SMILES string of the molecule is CN(CC1CCC(CCB(O)O)C[C@]1(N)C(=O)O)c1ccccc1. The zero-order chi connectivity index (χ0) is 17.7. The fourth-order valence-corrected chi connectivity index (χ4v) is 3.71. The molecule has 2 unspecified atom stereocenters. The van der Waals surface area contributed by atoms with Crippen molar-refractivity contribution in [3.63, 3.8) is 0 Å². The van der Waals surface area contributed by atoms with E-state index in [2.05, 4.69) is 0 Å². The van der Waals surface area contributed by atoms with E-state index >= 15 is 0 Å². The van der Waals surface area contributed by atoms with E-state index in [1.165, 1.54) is 0 Å². The second-order valence-corrected chi connectivity index (χ2v) is 6.96. The molecule has 7 heteroatoms. The molecule has 2 rings (SSSR count). The Morgan fingerprint density at radius 2 is 2.00 bits per heavy atom. The molecule has 0 saturated heterocycles. The number of hydrogen-bond donors (Lipinski definition) is 4. The Labute approximate surface area is 143 Å². The van der Waals surface area contributed by atoms with Gasteiger partial charge in [-0.05, 0) is 43.6 Å². The van der Waals surface area contributed by atoms with Gasteiger partial charge < -0.3 is 25.8 Å². The smallest absolute Gasteiger partial charge is 0.451 e. The Bertz CT molecular complexity index is 543. The van der Waals surface area contributed by atoms with Crippen LogP contribution in [-0.4, -0.2) is 47.4 Å². The van der Waals surface area contributed by atoms with E-state index in [1.54, 1.807) is 0 Å². The second-order valence-electron chi connectivity index (χ2n) is 6.96. The predicted molar refractivity (Wildman–Crippen MR) is 94.7 cm³/mol. The molecule has 0 aliphatic heterocycles. The van der Waals surface area contributed by atoms with Crippen molar-refractivity contribution >= 4 is 18.8 Å². The van der Waals surface area contributed by atoms with Gasteiger partial charge in [-0.1, -0.05) is 24.6 Å². The summed E-state index contributed by atoms with van der Waals surface area (Å²) < 4.78 is 0. The quantitative estimate of drug-likeness (QED) is 0.558. The molecule has 0 heterocycles. The number of carboxylic acid groups (broad SMARTS) is 1. The maximum atomic E-state index is 11.8. The molecule has 1 aliphatic rings. The number of hydrogen-bond acceptors (Lipinski definition) is 5. The molecule has 1 saturated carbocycles. The molecule has 6 nitrogen and oxygen atoms in total. The molecule has 0 bridgehead atoms. The van der Waals surface area contributed by atoms with Crippen molar-refractivity contribution in [2.75, 3.05) is 18.5 Å². The van der Waals surface area contributed by atoms with Crippen LogP contribution >= 0.6 is 0 Å². The van der Waals surface area contributed by atoms with Crippen LogP contribution in [0.5, 0.6) is 0 Å². The van der Waals surface area contributed by atoms with Crippen molar-refractivity contribution < 1.29 is 19.9 Å².